The number of aryl methyl sites for hydroxylation is 1. The molecule has 1 saturated heterocycles. The quantitative estimate of drug-likeness (QED) is 0.784. The van der Waals surface area contributed by atoms with E-state index in [9.17, 15) is 4.79 Å². The van der Waals surface area contributed by atoms with E-state index in [0.717, 1.165) is 10.9 Å². The number of hydrogen-bond donors (Lipinski definition) is 0. The van der Waals surface area contributed by atoms with Crippen molar-refractivity contribution in [2.75, 3.05) is 18.4 Å². The van der Waals surface area contributed by atoms with E-state index in [1.54, 1.807) is 12.4 Å². The second-order valence-corrected chi connectivity index (χ2v) is 6.24. The second kappa shape index (κ2) is 5.59. The summed E-state index contributed by atoms with van der Waals surface area (Å²) >= 11 is 3.43. The van der Waals surface area contributed by atoms with E-state index in [-0.39, 0.29) is 17.6 Å². The van der Waals surface area contributed by atoms with Gasteiger partial charge in [-0.15, -0.1) is 0 Å². The molecule has 19 heavy (non-hydrogen) atoms. The standard InChI is InChI=1S/C14H19BrN2O2/c1-10-4-11(7-16-6-10)13(18)17-8-12(5-15)19-14(2,3)9-17/h4,6-7,12H,5,8-9H2,1-3H3. The summed E-state index contributed by atoms with van der Waals surface area (Å²) in [6.45, 7) is 7.17. The van der Waals surface area contributed by atoms with Crippen molar-refractivity contribution in [3.8, 4) is 0 Å². The van der Waals surface area contributed by atoms with Gasteiger partial charge in [0, 0.05) is 30.8 Å². The van der Waals surface area contributed by atoms with Gasteiger partial charge in [0.15, 0.2) is 0 Å². The third-order valence-electron chi connectivity index (χ3n) is 3.06. The lowest BCUT2D eigenvalue weighted by Crippen LogP contribution is -2.55. The number of rotatable bonds is 2. The van der Waals surface area contributed by atoms with Crippen LogP contribution in [0.25, 0.3) is 0 Å². The van der Waals surface area contributed by atoms with E-state index >= 15 is 0 Å². The van der Waals surface area contributed by atoms with Crippen LogP contribution in [-0.4, -0.2) is 45.9 Å². The zero-order chi connectivity index (χ0) is 14.0. The maximum absolute atomic E-state index is 12.5. The Balaban J connectivity index is 2.18. The van der Waals surface area contributed by atoms with Crippen molar-refractivity contribution < 1.29 is 9.53 Å². The monoisotopic (exact) mass is 326 g/mol. The molecule has 1 fully saturated rings. The minimum absolute atomic E-state index is 0.0264. The van der Waals surface area contributed by atoms with Crippen molar-refractivity contribution in [2.24, 2.45) is 0 Å². The highest BCUT2D eigenvalue weighted by Crippen LogP contribution is 2.23. The van der Waals surface area contributed by atoms with Crippen LogP contribution in [0.4, 0.5) is 0 Å². The highest BCUT2D eigenvalue weighted by molar-refractivity contribution is 9.09. The first-order chi connectivity index (χ1) is 8.91. The molecular weight excluding hydrogens is 308 g/mol. The Morgan fingerprint density at radius 1 is 1.58 bits per heavy atom. The first kappa shape index (κ1) is 14.5. The van der Waals surface area contributed by atoms with Gasteiger partial charge >= 0.3 is 0 Å². The predicted octanol–water partition coefficient (Wildman–Crippen LogP) is 2.40. The Morgan fingerprint density at radius 2 is 2.32 bits per heavy atom. The van der Waals surface area contributed by atoms with Crippen molar-refractivity contribution in [3.63, 3.8) is 0 Å². The maximum Gasteiger partial charge on any atom is 0.255 e. The Morgan fingerprint density at radius 3 is 2.95 bits per heavy atom. The highest BCUT2D eigenvalue weighted by Gasteiger charge is 2.35. The molecule has 5 heteroatoms. The number of hydrogen-bond acceptors (Lipinski definition) is 3. The number of aromatic nitrogens is 1. The number of alkyl halides is 1. The maximum atomic E-state index is 12.5. The minimum atomic E-state index is -0.316. The molecule has 1 atom stereocenters. The lowest BCUT2D eigenvalue weighted by molar-refractivity contribution is -0.116. The summed E-state index contributed by atoms with van der Waals surface area (Å²) in [6, 6.07) is 1.88. The molecule has 1 aromatic heterocycles. The van der Waals surface area contributed by atoms with Gasteiger partial charge in [0.25, 0.3) is 5.91 Å². The smallest absolute Gasteiger partial charge is 0.255 e. The number of halogens is 1. The molecule has 0 N–H and O–H groups in total. The van der Waals surface area contributed by atoms with Gasteiger partial charge in [-0.05, 0) is 32.4 Å². The Bertz CT molecular complexity index is 476. The molecule has 1 aliphatic heterocycles. The van der Waals surface area contributed by atoms with Crippen LogP contribution in [-0.2, 0) is 4.74 Å². The average molecular weight is 327 g/mol. The SMILES string of the molecule is Cc1cncc(C(=O)N2CC(CBr)OC(C)(C)C2)c1. The minimum Gasteiger partial charge on any atom is -0.368 e. The number of ether oxygens (including phenoxy) is 1. The van der Waals surface area contributed by atoms with Crippen LogP contribution < -0.4 is 0 Å². The summed E-state index contributed by atoms with van der Waals surface area (Å²) in [5.74, 6) is 0.0264. The van der Waals surface area contributed by atoms with Crippen LogP contribution >= 0.6 is 15.9 Å². The van der Waals surface area contributed by atoms with Crippen molar-refractivity contribution in [2.45, 2.75) is 32.5 Å². The van der Waals surface area contributed by atoms with Gasteiger partial charge in [0.2, 0.25) is 0 Å². The van der Waals surface area contributed by atoms with Crippen molar-refractivity contribution >= 4 is 21.8 Å². The van der Waals surface area contributed by atoms with Crippen LogP contribution in [0.2, 0.25) is 0 Å². The molecule has 0 saturated carbocycles. The van der Waals surface area contributed by atoms with Gasteiger partial charge in [-0.2, -0.15) is 0 Å². The fourth-order valence-corrected chi connectivity index (χ4v) is 2.72. The summed E-state index contributed by atoms with van der Waals surface area (Å²) < 4.78 is 5.91. The first-order valence-electron chi connectivity index (χ1n) is 6.36. The van der Waals surface area contributed by atoms with E-state index in [1.165, 1.54) is 0 Å². The van der Waals surface area contributed by atoms with Crippen molar-refractivity contribution in [3.05, 3.63) is 29.6 Å². The molecular formula is C14H19BrN2O2. The van der Waals surface area contributed by atoms with Gasteiger partial charge in [-0.3, -0.25) is 9.78 Å². The number of morpholine rings is 1. The van der Waals surface area contributed by atoms with E-state index in [2.05, 4.69) is 20.9 Å². The van der Waals surface area contributed by atoms with Crippen LogP contribution in [0.3, 0.4) is 0 Å². The number of pyridine rings is 1. The summed E-state index contributed by atoms with van der Waals surface area (Å²) in [4.78, 5) is 18.5. The molecule has 1 aromatic rings. The molecule has 1 amide bonds. The van der Waals surface area contributed by atoms with Gasteiger partial charge in [-0.1, -0.05) is 15.9 Å². The lowest BCUT2D eigenvalue weighted by atomic mass is 10.0. The predicted molar refractivity (Wildman–Crippen MR) is 77.6 cm³/mol. The molecule has 0 aliphatic carbocycles. The second-order valence-electron chi connectivity index (χ2n) is 5.59. The number of amides is 1. The molecule has 2 rings (SSSR count). The molecule has 1 aliphatic rings. The van der Waals surface area contributed by atoms with Crippen LogP contribution in [0.1, 0.15) is 29.8 Å². The largest absolute Gasteiger partial charge is 0.368 e. The molecule has 1 unspecified atom stereocenters. The van der Waals surface area contributed by atoms with E-state index in [4.69, 9.17) is 4.74 Å². The van der Waals surface area contributed by atoms with Crippen LogP contribution in [0.5, 0.6) is 0 Å². The molecule has 0 radical (unpaired) electrons. The molecule has 0 aromatic carbocycles. The molecule has 4 nitrogen and oxygen atoms in total. The number of carbonyl (C=O) groups excluding carboxylic acids is 1. The number of nitrogens with zero attached hydrogens (tertiary/aromatic N) is 2. The van der Waals surface area contributed by atoms with Gasteiger partial charge in [-0.25, -0.2) is 0 Å². The normalized spacial score (nSPS) is 22.3. The summed E-state index contributed by atoms with van der Waals surface area (Å²) in [6.07, 6.45) is 3.41. The summed E-state index contributed by atoms with van der Waals surface area (Å²) in [7, 11) is 0. The first-order valence-corrected chi connectivity index (χ1v) is 7.48. The zero-order valence-corrected chi connectivity index (χ0v) is 13.1. The zero-order valence-electron chi connectivity index (χ0n) is 11.5. The van der Waals surface area contributed by atoms with Gasteiger partial charge in [0.05, 0.1) is 17.3 Å². The average Bonchev–Trinajstić information content (AvgIpc) is 2.36. The fourth-order valence-electron chi connectivity index (χ4n) is 2.39. The highest BCUT2D eigenvalue weighted by atomic mass is 79.9. The Hall–Kier alpha value is -0.940. The molecule has 104 valence electrons. The van der Waals surface area contributed by atoms with Gasteiger partial charge in [0.1, 0.15) is 0 Å². The summed E-state index contributed by atoms with van der Waals surface area (Å²) in [5, 5.41) is 0.728. The van der Waals surface area contributed by atoms with Crippen LogP contribution in [0, 0.1) is 6.92 Å². The fraction of sp³-hybridized carbons (Fsp3) is 0.571. The molecule has 2 heterocycles. The molecule has 0 bridgehead atoms. The van der Waals surface area contributed by atoms with Crippen molar-refractivity contribution in [1.82, 2.24) is 9.88 Å². The third kappa shape index (κ3) is 3.54. The van der Waals surface area contributed by atoms with Crippen molar-refractivity contribution in [1.29, 1.82) is 0 Å². The number of carbonyl (C=O) groups is 1. The topological polar surface area (TPSA) is 42.4 Å². The Labute approximate surface area is 122 Å². The van der Waals surface area contributed by atoms with Crippen LogP contribution in [0.15, 0.2) is 18.5 Å². The third-order valence-corrected chi connectivity index (χ3v) is 3.78. The van der Waals surface area contributed by atoms with E-state index in [0.29, 0.717) is 18.7 Å². The Kier molecular flexibility index (Phi) is 4.26. The lowest BCUT2D eigenvalue weighted by Gasteiger charge is -2.42. The van der Waals surface area contributed by atoms with Gasteiger partial charge < -0.3 is 9.64 Å². The van der Waals surface area contributed by atoms with E-state index < -0.39 is 0 Å². The molecule has 0 spiro atoms. The summed E-state index contributed by atoms with van der Waals surface area (Å²) in [5.41, 5.74) is 1.32. The van der Waals surface area contributed by atoms with E-state index in [1.807, 2.05) is 31.7 Å².